The molecule has 1 fully saturated rings. The molecule has 1 aliphatic carbocycles. The molecule has 0 heterocycles. The van der Waals surface area contributed by atoms with Gasteiger partial charge in [-0.2, -0.15) is 0 Å². The highest BCUT2D eigenvalue weighted by molar-refractivity contribution is 5.76. The van der Waals surface area contributed by atoms with Crippen LogP contribution in [0.5, 0.6) is 11.5 Å². The molecule has 5 nitrogen and oxygen atoms in total. The van der Waals surface area contributed by atoms with Crippen LogP contribution in [0.25, 0.3) is 0 Å². The zero-order valence-corrected chi connectivity index (χ0v) is 15.9. The summed E-state index contributed by atoms with van der Waals surface area (Å²) in [6.07, 6.45) is 5.89. The highest BCUT2D eigenvalue weighted by Crippen LogP contribution is 2.30. The quantitative estimate of drug-likeness (QED) is 0.694. The highest BCUT2D eigenvalue weighted by atomic mass is 16.5. The van der Waals surface area contributed by atoms with Crippen molar-refractivity contribution in [3.8, 4) is 11.5 Å². The van der Waals surface area contributed by atoms with Crippen LogP contribution in [-0.4, -0.2) is 19.1 Å². The average Bonchev–Trinajstić information content (AvgIpc) is 3.19. The van der Waals surface area contributed by atoms with E-state index in [4.69, 9.17) is 15.2 Å². The second-order valence-electron chi connectivity index (χ2n) is 6.97. The Labute approximate surface area is 160 Å². The predicted molar refractivity (Wildman–Crippen MR) is 107 cm³/mol. The number of carbonyl (C=O) groups is 1. The van der Waals surface area contributed by atoms with Gasteiger partial charge in [-0.3, -0.25) is 4.79 Å². The monoisotopic (exact) mass is 368 g/mol. The number of amides is 1. The molecule has 3 rings (SSSR count). The number of methoxy groups -OCH3 is 1. The Bertz CT molecular complexity index is 770. The van der Waals surface area contributed by atoms with Crippen molar-refractivity contribution in [3.05, 3.63) is 53.6 Å². The van der Waals surface area contributed by atoms with Gasteiger partial charge in [0.25, 0.3) is 0 Å². The predicted octanol–water partition coefficient (Wildman–Crippen LogP) is 3.85. The lowest BCUT2D eigenvalue weighted by atomic mass is 10.1. The van der Waals surface area contributed by atoms with Crippen LogP contribution in [0.3, 0.4) is 0 Å². The van der Waals surface area contributed by atoms with Crippen LogP contribution in [0.1, 0.15) is 43.2 Å². The Balaban J connectivity index is 1.57. The molecule has 5 heteroatoms. The van der Waals surface area contributed by atoms with Crippen LogP contribution < -0.4 is 20.5 Å². The van der Waals surface area contributed by atoms with Crippen LogP contribution >= 0.6 is 0 Å². The van der Waals surface area contributed by atoms with Crippen LogP contribution in [0, 0.1) is 0 Å². The van der Waals surface area contributed by atoms with Gasteiger partial charge in [-0.15, -0.1) is 0 Å². The van der Waals surface area contributed by atoms with Crippen molar-refractivity contribution in [1.82, 2.24) is 5.32 Å². The molecular weight excluding hydrogens is 340 g/mol. The maximum atomic E-state index is 12.3. The molecule has 0 aromatic heterocycles. The third-order valence-corrected chi connectivity index (χ3v) is 5.02. The van der Waals surface area contributed by atoms with Gasteiger partial charge in [0.05, 0.1) is 13.2 Å². The first-order chi connectivity index (χ1) is 13.2. The number of carbonyl (C=O) groups excluding carboxylic acids is 1. The summed E-state index contributed by atoms with van der Waals surface area (Å²) in [6, 6.07) is 13.4. The number of nitrogens with one attached hydrogen (secondary N) is 1. The topological polar surface area (TPSA) is 73.6 Å². The van der Waals surface area contributed by atoms with Crippen LogP contribution in [0.2, 0.25) is 0 Å². The Morgan fingerprint density at radius 1 is 1.15 bits per heavy atom. The molecule has 27 heavy (non-hydrogen) atoms. The van der Waals surface area contributed by atoms with Gasteiger partial charge in [0.1, 0.15) is 11.5 Å². The number of hydrogen-bond acceptors (Lipinski definition) is 4. The minimum Gasteiger partial charge on any atom is -0.497 e. The Morgan fingerprint density at radius 3 is 2.67 bits per heavy atom. The Kier molecular flexibility index (Phi) is 6.58. The summed E-state index contributed by atoms with van der Waals surface area (Å²) >= 11 is 0. The fourth-order valence-corrected chi connectivity index (χ4v) is 3.40. The van der Waals surface area contributed by atoms with E-state index in [9.17, 15) is 4.79 Å². The fourth-order valence-electron chi connectivity index (χ4n) is 3.40. The standard InChI is InChI=1S/C22H28N2O3/c1-26-19-12-10-17(21(14-19)27-18-7-3-4-8-18)15-24-22(25)13-11-16-6-2-5-9-20(16)23/h2,5-6,9-10,12,14,18H,3-4,7-8,11,13,15,23H2,1H3,(H,24,25). The number of benzene rings is 2. The van der Waals surface area contributed by atoms with E-state index >= 15 is 0 Å². The third kappa shape index (κ3) is 5.39. The van der Waals surface area contributed by atoms with Crippen molar-refractivity contribution in [2.45, 2.75) is 51.2 Å². The molecule has 3 N–H and O–H groups in total. The van der Waals surface area contributed by atoms with E-state index in [1.165, 1.54) is 12.8 Å². The summed E-state index contributed by atoms with van der Waals surface area (Å²) in [5.74, 6) is 1.56. The lowest BCUT2D eigenvalue weighted by Crippen LogP contribution is -2.24. The summed E-state index contributed by atoms with van der Waals surface area (Å²) in [6.45, 7) is 0.440. The summed E-state index contributed by atoms with van der Waals surface area (Å²) in [5, 5.41) is 2.99. The van der Waals surface area contributed by atoms with E-state index < -0.39 is 0 Å². The zero-order chi connectivity index (χ0) is 19.1. The molecule has 0 radical (unpaired) electrons. The molecule has 1 saturated carbocycles. The number of anilines is 1. The van der Waals surface area contributed by atoms with Crippen molar-refractivity contribution >= 4 is 11.6 Å². The molecular formula is C22H28N2O3. The Morgan fingerprint density at radius 2 is 1.93 bits per heavy atom. The number of nitrogens with two attached hydrogens (primary N) is 1. The molecule has 144 valence electrons. The number of rotatable bonds is 8. The summed E-state index contributed by atoms with van der Waals surface area (Å²) in [4.78, 5) is 12.3. The van der Waals surface area contributed by atoms with Crippen LogP contribution in [-0.2, 0) is 17.8 Å². The van der Waals surface area contributed by atoms with E-state index in [1.807, 2.05) is 42.5 Å². The van der Waals surface area contributed by atoms with Gasteiger partial charge in [-0.1, -0.05) is 18.2 Å². The Hall–Kier alpha value is -2.69. The van der Waals surface area contributed by atoms with Gasteiger partial charge < -0.3 is 20.5 Å². The number of ether oxygens (including phenoxy) is 2. The van der Waals surface area contributed by atoms with Crippen molar-refractivity contribution in [2.24, 2.45) is 0 Å². The molecule has 0 unspecified atom stereocenters. The van der Waals surface area contributed by atoms with Crippen LogP contribution in [0.15, 0.2) is 42.5 Å². The lowest BCUT2D eigenvalue weighted by Gasteiger charge is -2.18. The molecule has 0 bridgehead atoms. The van der Waals surface area contributed by atoms with E-state index in [-0.39, 0.29) is 12.0 Å². The van der Waals surface area contributed by atoms with Crippen molar-refractivity contribution < 1.29 is 14.3 Å². The smallest absolute Gasteiger partial charge is 0.220 e. The summed E-state index contributed by atoms with van der Waals surface area (Å²) < 4.78 is 11.5. The second-order valence-corrected chi connectivity index (χ2v) is 6.97. The van der Waals surface area contributed by atoms with Gasteiger partial charge in [0, 0.05) is 30.3 Å². The van der Waals surface area contributed by atoms with E-state index in [2.05, 4.69) is 5.32 Å². The molecule has 2 aromatic carbocycles. The fraction of sp³-hybridized carbons (Fsp3) is 0.409. The van der Waals surface area contributed by atoms with Crippen molar-refractivity contribution in [3.63, 3.8) is 0 Å². The number of hydrogen-bond donors (Lipinski definition) is 2. The minimum atomic E-state index is 0.000822. The first-order valence-corrected chi connectivity index (χ1v) is 9.59. The van der Waals surface area contributed by atoms with Crippen molar-refractivity contribution in [2.75, 3.05) is 12.8 Å². The lowest BCUT2D eigenvalue weighted by molar-refractivity contribution is -0.121. The second kappa shape index (κ2) is 9.31. The van der Waals surface area contributed by atoms with Crippen LogP contribution in [0.4, 0.5) is 5.69 Å². The van der Waals surface area contributed by atoms with Gasteiger partial charge in [-0.25, -0.2) is 0 Å². The highest BCUT2D eigenvalue weighted by Gasteiger charge is 2.18. The molecule has 0 aliphatic heterocycles. The SMILES string of the molecule is COc1ccc(CNC(=O)CCc2ccccc2N)c(OC2CCCC2)c1. The van der Waals surface area contributed by atoms with Gasteiger partial charge in [-0.05, 0) is 55.9 Å². The van der Waals surface area contributed by atoms with E-state index in [0.29, 0.717) is 19.4 Å². The molecule has 0 atom stereocenters. The van der Waals surface area contributed by atoms with Crippen molar-refractivity contribution in [1.29, 1.82) is 0 Å². The zero-order valence-electron chi connectivity index (χ0n) is 15.9. The molecule has 0 saturated heterocycles. The normalized spacial score (nSPS) is 14.1. The number of nitrogen functional groups attached to an aromatic ring is 1. The molecule has 1 aliphatic rings. The molecule has 2 aromatic rings. The first-order valence-electron chi connectivity index (χ1n) is 9.59. The summed E-state index contributed by atoms with van der Waals surface area (Å²) in [7, 11) is 1.64. The summed E-state index contributed by atoms with van der Waals surface area (Å²) in [5.41, 5.74) is 8.64. The average molecular weight is 368 g/mol. The van der Waals surface area contributed by atoms with E-state index in [1.54, 1.807) is 7.11 Å². The largest absolute Gasteiger partial charge is 0.497 e. The van der Waals surface area contributed by atoms with Gasteiger partial charge in [0.15, 0.2) is 0 Å². The van der Waals surface area contributed by atoms with Gasteiger partial charge >= 0.3 is 0 Å². The maximum Gasteiger partial charge on any atom is 0.220 e. The van der Waals surface area contributed by atoms with E-state index in [0.717, 1.165) is 41.2 Å². The van der Waals surface area contributed by atoms with Gasteiger partial charge in [0.2, 0.25) is 5.91 Å². The molecule has 1 amide bonds. The minimum absolute atomic E-state index is 0.000822. The number of para-hydroxylation sites is 1. The first kappa shape index (κ1) is 19.1. The number of aryl methyl sites for hydroxylation is 1. The third-order valence-electron chi connectivity index (χ3n) is 5.02. The molecule has 0 spiro atoms. The maximum absolute atomic E-state index is 12.3.